The number of aliphatic carboxylic acids is 1. The predicted octanol–water partition coefficient (Wildman–Crippen LogP) is 0.222. The Balaban J connectivity index is 2.03. The van der Waals surface area contributed by atoms with E-state index in [1.165, 1.54) is 12.5 Å². The van der Waals surface area contributed by atoms with Gasteiger partial charge in [0.15, 0.2) is 0 Å². The van der Waals surface area contributed by atoms with Crippen LogP contribution in [0.25, 0.3) is 0 Å². The number of rotatable bonds is 6. The van der Waals surface area contributed by atoms with E-state index in [0.29, 0.717) is 11.3 Å². The number of hydrogen-bond donors (Lipinski definition) is 4. The molecule has 0 saturated heterocycles. The van der Waals surface area contributed by atoms with Gasteiger partial charge in [0, 0.05) is 18.3 Å². The normalized spacial score (nSPS) is 13.4. The van der Waals surface area contributed by atoms with E-state index in [2.05, 4.69) is 15.3 Å². The van der Waals surface area contributed by atoms with Crippen LogP contribution >= 0.6 is 0 Å². The predicted molar refractivity (Wildman–Crippen MR) is 75.2 cm³/mol. The molecule has 0 spiro atoms. The van der Waals surface area contributed by atoms with Crippen molar-refractivity contribution in [2.24, 2.45) is 5.73 Å². The number of imidazole rings is 1. The first-order valence-electron chi connectivity index (χ1n) is 6.39. The monoisotopic (exact) mass is 288 g/mol. The number of carboxylic acid groups (broad SMARTS) is 1. The van der Waals surface area contributed by atoms with Gasteiger partial charge in [0.2, 0.25) is 5.91 Å². The minimum Gasteiger partial charge on any atom is -0.480 e. The highest BCUT2D eigenvalue weighted by molar-refractivity contribution is 5.87. The topological polar surface area (TPSA) is 121 Å². The van der Waals surface area contributed by atoms with Gasteiger partial charge in [-0.25, -0.2) is 9.78 Å². The summed E-state index contributed by atoms with van der Waals surface area (Å²) in [4.78, 5) is 29.9. The number of benzene rings is 1. The van der Waals surface area contributed by atoms with Gasteiger partial charge in [0.05, 0.1) is 6.33 Å². The highest BCUT2D eigenvalue weighted by atomic mass is 16.4. The van der Waals surface area contributed by atoms with E-state index in [0.717, 1.165) is 0 Å². The van der Waals surface area contributed by atoms with Gasteiger partial charge in [-0.2, -0.15) is 0 Å². The molecule has 110 valence electrons. The van der Waals surface area contributed by atoms with Crippen LogP contribution < -0.4 is 11.1 Å². The first-order chi connectivity index (χ1) is 10.1. The molecular formula is C14H16N4O3. The number of carbonyl (C=O) groups excluding carboxylic acids is 1. The van der Waals surface area contributed by atoms with E-state index >= 15 is 0 Å². The van der Waals surface area contributed by atoms with E-state index in [1.54, 1.807) is 24.3 Å². The van der Waals surface area contributed by atoms with Crippen LogP contribution in [0, 0.1) is 0 Å². The van der Waals surface area contributed by atoms with Crippen molar-refractivity contribution in [3.63, 3.8) is 0 Å². The molecule has 0 aliphatic rings. The molecule has 0 fully saturated rings. The van der Waals surface area contributed by atoms with Crippen molar-refractivity contribution >= 4 is 11.9 Å². The van der Waals surface area contributed by atoms with Crippen LogP contribution in [0.5, 0.6) is 0 Å². The molecule has 1 aromatic heterocycles. The minimum absolute atomic E-state index is 0.114. The van der Waals surface area contributed by atoms with E-state index < -0.39 is 24.0 Å². The lowest BCUT2D eigenvalue weighted by atomic mass is 10.1. The van der Waals surface area contributed by atoms with Gasteiger partial charge < -0.3 is 21.1 Å². The third-order valence-corrected chi connectivity index (χ3v) is 3.03. The standard InChI is InChI=1S/C14H16N4O3/c15-12(9-4-2-1-3-5-9)13(19)18-11(14(20)21)6-10-7-16-8-17-10/h1-5,7-8,11-12H,6,15H2,(H,16,17)(H,18,19)(H,20,21)/t11-,12?/m1/s1. The summed E-state index contributed by atoms with van der Waals surface area (Å²) in [6.07, 6.45) is 3.08. The van der Waals surface area contributed by atoms with Crippen LogP contribution in [0.1, 0.15) is 17.3 Å². The summed E-state index contributed by atoms with van der Waals surface area (Å²) in [5.41, 5.74) is 7.08. The molecule has 2 rings (SSSR count). The van der Waals surface area contributed by atoms with Crippen LogP contribution in [0.3, 0.4) is 0 Å². The van der Waals surface area contributed by atoms with E-state index in [9.17, 15) is 14.7 Å². The van der Waals surface area contributed by atoms with Gasteiger partial charge in [-0.05, 0) is 5.56 Å². The van der Waals surface area contributed by atoms with E-state index in [-0.39, 0.29) is 6.42 Å². The maximum atomic E-state index is 12.1. The molecule has 1 heterocycles. The fraction of sp³-hybridized carbons (Fsp3) is 0.214. The Morgan fingerprint density at radius 2 is 2.05 bits per heavy atom. The molecule has 7 heteroatoms. The quantitative estimate of drug-likeness (QED) is 0.606. The Morgan fingerprint density at radius 1 is 1.33 bits per heavy atom. The third kappa shape index (κ3) is 3.90. The smallest absolute Gasteiger partial charge is 0.326 e. The lowest BCUT2D eigenvalue weighted by Gasteiger charge is -2.17. The van der Waals surface area contributed by atoms with E-state index in [4.69, 9.17) is 5.73 Å². The largest absolute Gasteiger partial charge is 0.480 e. The number of aromatic amines is 1. The molecule has 21 heavy (non-hydrogen) atoms. The Bertz CT molecular complexity index is 598. The first-order valence-corrected chi connectivity index (χ1v) is 6.39. The van der Waals surface area contributed by atoms with Gasteiger partial charge in [0.1, 0.15) is 12.1 Å². The second-order valence-electron chi connectivity index (χ2n) is 4.57. The number of H-pyrrole nitrogens is 1. The molecule has 1 aromatic carbocycles. The number of hydrogen-bond acceptors (Lipinski definition) is 4. The molecule has 1 unspecified atom stereocenters. The number of nitrogens with one attached hydrogen (secondary N) is 2. The number of nitrogens with two attached hydrogens (primary N) is 1. The Kier molecular flexibility index (Phi) is 4.68. The molecule has 0 bridgehead atoms. The Labute approximate surface area is 121 Å². The summed E-state index contributed by atoms with van der Waals surface area (Å²) in [7, 11) is 0. The minimum atomic E-state index is -1.13. The van der Waals surface area contributed by atoms with E-state index in [1.807, 2.05) is 6.07 Å². The van der Waals surface area contributed by atoms with Gasteiger partial charge in [-0.1, -0.05) is 30.3 Å². The maximum absolute atomic E-state index is 12.1. The molecule has 2 aromatic rings. The molecule has 7 nitrogen and oxygen atoms in total. The lowest BCUT2D eigenvalue weighted by molar-refractivity contribution is -0.142. The third-order valence-electron chi connectivity index (χ3n) is 3.03. The fourth-order valence-corrected chi connectivity index (χ4v) is 1.89. The van der Waals surface area contributed by atoms with Crippen molar-refractivity contribution in [2.75, 3.05) is 0 Å². The molecule has 0 radical (unpaired) electrons. The number of nitrogens with zero attached hydrogens (tertiary/aromatic N) is 1. The van der Waals surface area contributed by atoms with Crippen molar-refractivity contribution in [1.29, 1.82) is 0 Å². The number of aromatic nitrogens is 2. The number of carbonyl (C=O) groups is 2. The van der Waals surface area contributed by atoms with Crippen molar-refractivity contribution in [3.05, 3.63) is 54.1 Å². The zero-order valence-corrected chi connectivity index (χ0v) is 11.2. The summed E-state index contributed by atoms with van der Waals surface area (Å²) in [6.45, 7) is 0. The van der Waals surface area contributed by atoms with Crippen LogP contribution in [0.2, 0.25) is 0 Å². The SMILES string of the molecule is NC(C(=O)N[C@H](Cc1cnc[nH]1)C(=O)O)c1ccccc1. The van der Waals surface area contributed by atoms with Crippen LogP contribution in [-0.4, -0.2) is 33.0 Å². The summed E-state index contributed by atoms with van der Waals surface area (Å²) in [5, 5.41) is 11.6. The summed E-state index contributed by atoms with van der Waals surface area (Å²) in [6, 6.07) is 6.81. The number of carboxylic acids is 1. The van der Waals surface area contributed by atoms with Crippen molar-refractivity contribution in [2.45, 2.75) is 18.5 Å². The highest BCUT2D eigenvalue weighted by Gasteiger charge is 2.24. The molecule has 2 atom stereocenters. The molecule has 0 aliphatic heterocycles. The molecule has 0 saturated carbocycles. The maximum Gasteiger partial charge on any atom is 0.326 e. The highest BCUT2D eigenvalue weighted by Crippen LogP contribution is 2.10. The van der Waals surface area contributed by atoms with Gasteiger partial charge in [0.25, 0.3) is 0 Å². The van der Waals surface area contributed by atoms with Gasteiger partial charge in [-0.15, -0.1) is 0 Å². The van der Waals surface area contributed by atoms with Gasteiger partial charge in [-0.3, -0.25) is 4.79 Å². The van der Waals surface area contributed by atoms with Gasteiger partial charge >= 0.3 is 5.97 Å². The Morgan fingerprint density at radius 3 is 2.62 bits per heavy atom. The molecular weight excluding hydrogens is 272 g/mol. The fourth-order valence-electron chi connectivity index (χ4n) is 1.89. The zero-order valence-electron chi connectivity index (χ0n) is 11.2. The van der Waals surface area contributed by atoms with Crippen LogP contribution in [0.15, 0.2) is 42.9 Å². The Hall–Kier alpha value is -2.67. The zero-order chi connectivity index (χ0) is 15.2. The molecule has 5 N–H and O–H groups in total. The van der Waals surface area contributed by atoms with Crippen molar-refractivity contribution in [3.8, 4) is 0 Å². The van der Waals surface area contributed by atoms with Crippen LogP contribution in [-0.2, 0) is 16.0 Å². The average Bonchev–Trinajstić information content (AvgIpc) is 2.99. The lowest BCUT2D eigenvalue weighted by Crippen LogP contribution is -2.46. The second kappa shape index (κ2) is 6.67. The summed E-state index contributed by atoms with van der Waals surface area (Å²) in [5.74, 6) is -1.66. The number of amides is 1. The van der Waals surface area contributed by atoms with Crippen molar-refractivity contribution in [1.82, 2.24) is 15.3 Å². The van der Waals surface area contributed by atoms with Crippen molar-refractivity contribution < 1.29 is 14.7 Å². The second-order valence-corrected chi connectivity index (χ2v) is 4.57. The first kappa shape index (κ1) is 14.7. The molecule has 0 aliphatic carbocycles. The summed E-state index contributed by atoms with van der Waals surface area (Å²) >= 11 is 0. The summed E-state index contributed by atoms with van der Waals surface area (Å²) < 4.78 is 0. The average molecular weight is 288 g/mol. The van der Waals surface area contributed by atoms with Crippen LogP contribution in [0.4, 0.5) is 0 Å². The molecule has 1 amide bonds.